The molecule has 2 heterocycles. The molecule has 2 aromatic rings. The number of amides is 2. The molecule has 0 radical (unpaired) electrons. The van der Waals surface area contributed by atoms with E-state index in [0.717, 1.165) is 48.1 Å². The Morgan fingerprint density at radius 3 is 2.76 bits per heavy atom. The standard InChI is InChI=1S/C27H33N3O2S/c1-20-10-12-22(13-11-20)17-25-27(32)30(23-8-3-4-9-24(23)33-25)19-26(31)28-14-6-16-29-15-5-7-21(2)18-29/h3-4,8-13,17,21H,5-7,14-16,18-19H2,1-2H3,(H,28,31)/b25-17+. The van der Waals surface area contributed by atoms with Gasteiger partial charge in [0.2, 0.25) is 5.91 Å². The number of nitrogens with one attached hydrogen (secondary N) is 1. The number of thioether (sulfide) groups is 1. The van der Waals surface area contributed by atoms with Gasteiger partial charge in [-0.1, -0.05) is 60.6 Å². The summed E-state index contributed by atoms with van der Waals surface area (Å²) < 4.78 is 0. The summed E-state index contributed by atoms with van der Waals surface area (Å²) in [5.74, 6) is 0.516. The SMILES string of the molecule is Cc1ccc(/C=C2/Sc3ccccc3N(CC(=O)NCCCN3CCCC(C)C3)C2=O)cc1. The lowest BCUT2D eigenvalue weighted by Crippen LogP contribution is -2.43. The van der Waals surface area contributed by atoms with Gasteiger partial charge < -0.3 is 10.2 Å². The Bertz CT molecular complexity index is 1020. The van der Waals surface area contributed by atoms with Crippen LogP contribution in [-0.4, -0.2) is 49.4 Å². The first-order chi connectivity index (χ1) is 16.0. The van der Waals surface area contributed by atoms with Crippen LogP contribution in [0.1, 0.15) is 37.3 Å². The van der Waals surface area contributed by atoms with Crippen molar-refractivity contribution in [3.8, 4) is 0 Å². The molecule has 0 aliphatic carbocycles. The van der Waals surface area contributed by atoms with Gasteiger partial charge in [-0.15, -0.1) is 0 Å². The minimum atomic E-state index is -0.128. The maximum absolute atomic E-state index is 13.3. The van der Waals surface area contributed by atoms with Crippen LogP contribution in [0.2, 0.25) is 0 Å². The fraction of sp³-hybridized carbons (Fsp3) is 0.407. The number of carbonyl (C=O) groups is 2. The van der Waals surface area contributed by atoms with E-state index in [1.165, 1.54) is 30.2 Å². The van der Waals surface area contributed by atoms with Crippen molar-refractivity contribution in [2.45, 2.75) is 38.0 Å². The molecule has 2 amide bonds. The third kappa shape index (κ3) is 6.27. The molecule has 0 bridgehead atoms. The highest BCUT2D eigenvalue weighted by molar-refractivity contribution is 8.04. The summed E-state index contributed by atoms with van der Waals surface area (Å²) in [5, 5.41) is 3.02. The second-order valence-corrected chi connectivity index (χ2v) is 10.2. The average molecular weight is 464 g/mol. The van der Waals surface area contributed by atoms with Gasteiger partial charge >= 0.3 is 0 Å². The number of anilines is 1. The zero-order valence-electron chi connectivity index (χ0n) is 19.5. The first-order valence-corrected chi connectivity index (χ1v) is 12.7. The van der Waals surface area contributed by atoms with E-state index in [0.29, 0.717) is 11.4 Å². The van der Waals surface area contributed by atoms with Gasteiger partial charge in [0.25, 0.3) is 5.91 Å². The topological polar surface area (TPSA) is 52.7 Å². The Kier molecular flexibility index (Phi) is 7.89. The van der Waals surface area contributed by atoms with E-state index in [1.54, 1.807) is 4.90 Å². The van der Waals surface area contributed by atoms with Crippen LogP contribution < -0.4 is 10.2 Å². The van der Waals surface area contributed by atoms with Crippen molar-refractivity contribution in [3.63, 3.8) is 0 Å². The zero-order chi connectivity index (χ0) is 23.2. The van der Waals surface area contributed by atoms with Gasteiger partial charge in [-0.05, 0) is 69.0 Å². The van der Waals surface area contributed by atoms with Gasteiger partial charge in [-0.2, -0.15) is 0 Å². The van der Waals surface area contributed by atoms with Crippen LogP contribution in [-0.2, 0) is 9.59 Å². The Morgan fingerprint density at radius 1 is 1.18 bits per heavy atom. The molecular weight excluding hydrogens is 430 g/mol. The third-order valence-corrected chi connectivity index (χ3v) is 7.30. The molecule has 1 saturated heterocycles. The molecule has 4 rings (SSSR count). The fourth-order valence-electron chi connectivity index (χ4n) is 4.45. The second-order valence-electron chi connectivity index (χ2n) is 9.13. The summed E-state index contributed by atoms with van der Waals surface area (Å²) in [4.78, 5) is 31.8. The highest BCUT2D eigenvalue weighted by atomic mass is 32.2. The molecule has 1 N–H and O–H groups in total. The summed E-state index contributed by atoms with van der Waals surface area (Å²) in [6.45, 7) is 8.33. The minimum absolute atomic E-state index is 0.0302. The molecule has 33 heavy (non-hydrogen) atoms. The van der Waals surface area contributed by atoms with Crippen LogP contribution in [0.5, 0.6) is 0 Å². The van der Waals surface area contributed by atoms with Gasteiger partial charge in [-0.3, -0.25) is 14.5 Å². The number of benzene rings is 2. The number of nitrogens with zero attached hydrogens (tertiary/aromatic N) is 2. The molecule has 174 valence electrons. The first-order valence-electron chi connectivity index (χ1n) is 11.9. The van der Waals surface area contributed by atoms with E-state index < -0.39 is 0 Å². The Hall–Kier alpha value is -2.57. The summed E-state index contributed by atoms with van der Waals surface area (Å²) in [7, 11) is 0. The maximum atomic E-state index is 13.3. The van der Waals surface area contributed by atoms with Crippen molar-refractivity contribution < 1.29 is 9.59 Å². The van der Waals surface area contributed by atoms with Crippen LogP contribution >= 0.6 is 11.8 Å². The third-order valence-electron chi connectivity index (χ3n) is 6.22. The number of fused-ring (bicyclic) bond motifs is 1. The summed E-state index contributed by atoms with van der Waals surface area (Å²) >= 11 is 1.47. The number of carbonyl (C=O) groups excluding carboxylic acids is 2. The van der Waals surface area contributed by atoms with Crippen LogP contribution in [0.15, 0.2) is 58.3 Å². The van der Waals surface area contributed by atoms with Crippen LogP contribution in [0.25, 0.3) is 6.08 Å². The van der Waals surface area contributed by atoms with Crippen molar-refractivity contribution in [1.82, 2.24) is 10.2 Å². The lowest BCUT2D eigenvalue weighted by Gasteiger charge is -2.31. The molecule has 0 saturated carbocycles. The van der Waals surface area contributed by atoms with Crippen molar-refractivity contribution in [3.05, 3.63) is 64.6 Å². The van der Waals surface area contributed by atoms with E-state index in [1.807, 2.05) is 61.5 Å². The zero-order valence-corrected chi connectivity index (χ0v) is 20.4. The largest absolute Gasteiger partial charge is 0.355 e. The molecule has 6 heteroatoms. The predicted molar refractivity (Wildman–Crippen MR) is 136 cm³/mol. The molecule has 2 aliphatic heterocycles. The minimum Gasteiger partial charge on any atom is -0.355 e. The van der Waals surface area contributed by atoms with Gasteiger partial charge in [0.1, 0.15) is 6.54 Å². The quantitative estimate of drug-likeness (QED) is 0.477. The summed E-state index contributed by atoms with van der Waals surface area (Å²) in [6.07, 6.45) is 5.42. The number of likely N-dealkylation sites (tertiary alicyclic amines) is 1. The first kappa shape index (κ1) is 23.6. The summed E-state index contributed by atoms with van der Waals surface area (Å²) in [5.41, 5.74) is 2.96. The van der Waals surface area contributed by atoms with Crippen LogP contribution in [0, 0.1) is 12.8 Å². The van der Waals surface area contributed by atoms with Crippen molar-refractivity contribution >= 4 is 35.3 Å². The van der Waals surface area contributed by atoms with Gasteiger partial charge in [0, 0.05) is 18.0 Å². The van der Waals surface area contributed by atoms with Crippen LogP contribution in [0.4, 0.5) is 5.69 Å². The van der Waals surface area contributed by atoms with E-state index in [-0.39, 0.29) is 18.4 Å². The normalized spacial score (nSPS) is 20.1. The van der Waals surface area contributed by atoms with Gasteiger partial charge in [0.05, 0.1) is 10.6 Å². The van der Waals surface area contributed by atoms with E-state index in [9.17, 15) is 9.59 Å². The Morgan fingerprint density at radius 2 is 1.97 bits per heavy atom. The molecule has 0 aromatic heterocycles. The number of aryl methyl sites for hydroxylation is 1. The molecule has 1 unspecified atom stereocenters. The highest BCUT2D eigenvalue weighted by Crippen LogP contribution is 2.41. The number of para-hydroxylation sites is 1. The van der Waals surface area contributed by atoms with E-state index in [2.05, 4.69) is 17.1 Å². The monoisotopic (exact) mass is 463 g/mol. The van der Waals surface area contributed by atoms with Crippen molar-refractivity contribution in [2.24, 2.45) is 5.92 Å². The Balaban J connectivity index is 1.38. The number of rotatable bonds is 7. The molecular formula is C27H33N3O2S. The molecule has 0 spiro atoms. The summed E-state index contributed by atoms with van der Waals surface area (Å²) in [6, 6.07) is 15.9. The molecule has 1 atom stereocenters. The highest BCUT2D eigenvalue weighted by Gasteiger charge is 2.30. The molecule has 1 fully saturated rings. The number of hydrogen-bond acceptors (Lipinski definition) is 4. The van der Waals surface area contributed by atoms with Crippen molar-refractivity contribution in [2.75, 3.05) is 37.6 Å². The van der Waals surface area contributed by atoms with E-state index >= 15 is 0 Å². The lowest BCUT2D eigenvalue weighted by atomic mass is 10.0. The maximum Gasteiger partial charge on any atom is 0.265 e. The fourth-order valence-corrected chi connectivity index (χ4v) is 5.51. The number of piperidine rings is 1. The molecule has 5 nitrogen and oxygen atoms in total. The predicted octanol–water partition coefficient (Wildman–Crippen LogP) is 4.71. The van der Waals surface area contributed by atoms with Crippen LogP contribution in [0.3, 0.4) is 0 Å². The number of hydrogen-bond donors (Lipinski definition) is 1. The lowest BCUT2D eigenvalue weighted by molar-refractivity contribution is -0.122. The smallest absolute Gasteiger partial charge is 0.265 e. The Labute approximate surface area is 201 Å². The van der Waals surface area contributed by atoms with Gasteiger partial charge in [-0.25, -0.2) is 0 Å². The second kappa shape index (κ2) is 11.0. The molecule has 2 aliphatic rings. The van der Waals surface area contributed by atoms with Gasteiger partial charge in [0.15, 0.2) is 0 Å². The molecule has 2 aromatic carbocycles. The van der Waals surface area contributed by atoms with E-state index in [4.69, 9.17) is 0 Å². The van der Waals surface area contributed by atoms with Crippen molar-refractivity contribution in [1.29, 1.82) is 0 Å². The average Bonchev–Trinajstić information content (AvgIpc) is 2.81.